The van der Waals surface area contributed by atoms with Crippen LogP contribution in [0.5, 0.6) is 0 Å². The van der Waals surface area contributed by atoms with Crippen molar-refractivity contribution >= 4 is 0 Å². The van der Waals surface area contributed by atoms with Gasteiger partial charge in [0.05, 0.1) is 6.10 Å². The van der Waals surface area contributed by atoms with Crippen LogP contribution in [0.1, 0.15) is 19.4 Å². The number of nitrogens with zero attached hydrogens (tertiary/aromatic N) is 3. The van der Waals surface area contributed by atoms with Gasteiger partial charge in [0.15, 0.2) is 0 Å². The van der Waals surface area contributed by atoms with E-state index < -0.39 is 0 Å². The molecule has 0 bridgehead atoms. The zero-order chi connectivity index (χ0) is 13.0. The number of hydrogen-bond acceptors (Lipinski definition) is 4. The number of rotatable bonds is 4. The molecule has 0 spiro atoms. The average Bonchev–Trinajstić information content (AvgIpc) is 2.33. The van der Waals surface area contributed by atoms with Gasteiger partial charge in [0.2, 0.25) is 0 Å². The van der Waals surface area contributed by atoms with Gasteiger partial charge in [-0.15, -0.1) is 0 Å². The SMILES string of the molecule is C[C@@H](O)CN1CCN(Cc2cccnc2)C[C@@H]1C. The summed E-state index contributed by atoms with van der Waals surface area (Å²) in [6.07, 6.45) is 3.51. The van der Waals surface area contributed by atoms with Crippen LogP contribution in [-0.2, 0) is 6.54 Å². The van der Waals surface area contributed by atoms with Crippen molar-refractivity contribution in [1.29, 1.82) is 0 Å². The first-order valence-electron chi connectivity index (χ1n) is 6.68. The summed E-state index contributed by atoms with van der Waals surface area (Å²) in [5.74, 6) is 0. The second kappa shape index (κ2) is 6.27. The number of pyridine rings is 1. The largest absolute Gasteiger partial charge is 0.392 e. The maximum absolute atomic E-state index is 9.46. The second-order valence-corrected chi connectivity index (χ2v) is 5.29. The fraction of sp³-hybridized carbons (Fsp3) is 0.643. The lowest BCUT2D eigenvalue weighted by atomic mass is 10.1. The minimum absolute atomic E-state index is 0.239. The Morgan fingerprint density at radius 3 is 2.94 bits per heavy atom. The van der Waals surface area contributed by atoms with Crippen LogP contribution in [0.4, 0.5) is 0 Å². The van der Waals surface area contributed by atoms with Crippen molar-refractivity contribution in [2.45, 2.75) is 32.5 Å². The number of aromatic nitrogens is 1. The number of aliphatic hydroxyl groups excluding tert-OH is 1. The zero-order valence-corrected chi connectivity index (χ0v) is 11.3. The van der Waals surface area contributed by atoms with E-state index >= 15 is 0 Å². The fourth-order valence-electron chi connectivity index (χ4n) is 2.57. The third kappa shape index (κ3) is 3.77. The summed E-state index contributed by atoms with van der Waals surface area (Å²) in [6.45, 7) is 9.00. The molecular formula is C14H23N3O. The van der Waals surface area contributed by atoms with E-state index in [-0.39, 0.29) is 6.10 Å². The third-order valence-corrected chi connectivity index (χ3v) is 3.48. The van der Waals surface area contributed by atoms with Crippen molar-refractivity contribution in [3.8, 4) is 0 Å². The molecule has 1 aromatic heterocycles. The summed E-state index contributed by atoms with van der Waals surface area (Å²) in [5, 5.41) is 9.46. The molecule has 0 unspecified atom stereocenters. The van der Waals surface area contributed by atoms with E-state index in [9.17, 15) is 5.11 Å². The van der Waals surface area contributed by atoms with Crippen LogP contribution in [0, 0.1) is 0 Å². The number of aliphatic hydroxyl groups is 1. The number of β-amino-alcohol motifs (C(OH)–C–C–N with tert-alkyl or cyclic N) is 1. The predicted molar refractivity (Wildman–Crippen MR) is 72.2 cm³/mol. The van der Waals surface area contributed by atoms with Gasteiger partial charge in [0, 0.05) is 51.2 Å². The van der Waals surface area contributed by atoms with Crippen LogP contribution in [0.2, 0.25) is 0 Å². The summed E-state index contributed by atoms with van der Waals surface area (Å²) in [4.78, 5) is 8.98. The van der Waals surface area contributed by atoms with Gasteiger partial charge in [-0.2, -0.15) is 0 Å². The van der Waals surface area contributed by atoms with Gasteiger partial charge in [0.1, 0.15) is 0 Å². The van der Waals surface area contributed by atoms with Gasteiger partial charge in [-0.05, 0) is 25.5 Å². The third-order valence-electron chi connectivity index (χ3n) is 3.48. The molecule has 1 saturated heterocycles. The van der Waals surface area contributed by atoms with Crippen molar-refractivity contribution in [3.63, 3.8) is 0 Å². The molecule has 100 valence electrons. The van der Waals surface area contributed by atoms with E-state index in [0.29, 0.717) is 6.04 Å². The van der Waals surface area contributed by atoms with Gasteiger partial charge in [0.25, 0.3) is 0 Å². The Bertz CT molecular complexity index is 355. The first-order chi connectivity index (χ1) is 8.65. The minimum Gasteiger partial charge on any atom is -0.392 e. The second-order valence-electron chi connectivity index (χ2n) is 5.29. The molecule has 1 aliphatic rings. The average molecular weight is 249 g/mol. The van der Waals surface area contributed by atoms with Gasteiger partial charge in [-0.25, -0.2) is 0 Å². The van der Waals surface area contributed by atoms with Gasteiger partial charge in [-0.3, -0.25) is 14.8 Å². The van der Waals surface area contributed by atoms with Crippen molar-refractivity contribution in [1.82, 2.24) is 14.8 Å². The van der Waals surface area contributed by atoms with Gasteiger partial charge < -0.3 is 5.11 Å². The molecule has 1 aliphatic heterocycles. The highest BCUT2D eigenvalue weighted by Crippen LogP contribution is 2.12. The van der Waals surface area contributed by atoms with Crippen LogP contribution in [-0.4, -0.2) is 58.2 Å². The van der Waals surface area contributed by atoms with Gasteiger partial charge >= 0.3 is 0 Å². The molecule has 18 heavy (non-hydrogen) atoms. The van der Waals surface area contributed by atoms with Crippen molar-refractivity contribution in [3.05, 3.63) is 30.1 Å². The van der Waals surface area contributed by atoms with E-state index in [1.54, 1.807) is 0 Å². The molecular weight excluding hydrogens is 226 g/mol. The molecule has 1 aromatic rings. The summed E-state index contributed by atoms with van der Waals surface area (Å²) in [5.41, 5.74) is 1.27. The Morgan fingerprint density at radius 2 is 2.33 bits per heavy atom. The molecule has 0 saturated carbocycles. The topological polar surface area (TPSA) is 39.6 Å². The van der Waals surface area contributed by atoms with Crippen LogP contribution in [0.15, 0.2) is 24.5 Å². The minimum atomic E-state index is -0.239. The molecule has 2 rings (SSSR count). The van der Waals surface area contributed by atoms with E-state index in [1.807, 2.05) is 25.4 Å². The highest BCUT2D eigenvalue weighted by Gasteiger charge is 2.24. The molecule has 2 heterocycles. The lowest BCUT2D eigenvalue weighted by Crippen LogP contribution is -2.53. The summed E-state index contributed by atoms with van der Waals surface area (Å²) in [7, 11) is 0. The Kier molecular flexibility index (Phi) is 4.69. The zero-order valence-electron chi connectivity index (χ0n) is 11.3. The first-order valence-corrected chi connectivity index (χ1v) is 6.68. The van der Waals surface area contributed by atoms with Crippen LogP contribution >= 0.6 is 0 Å². The van der Waals surface area contributed by atoms with Crippen molar-refractivity contribution in [2.75, 3.05) is 26.2 Å². The molecule has 0 amide bonds. The molecule has 4 nitrogen and oxygen atoms in total. The molecule has 2 atom stereocenters. The quantitative estimate of drug-likeness (QED) is 0.863. The Morgan fingerprint density at radius 1 is 1.50 bits per heavy atom. The molecule has 1 N–H and O–H groups in total. The molecule has 0 aromatic carbocycles. The summed E-state index contributed by atoms with van der Waals surface area (Å²) < 4.78 is 0. The maximum atomic E-state index is 9.46. The van der Waals surface area contributed by atoms with Gasteiger partial charge in [-0.1, -0.05) is 6.07 Å². The Labute approximate surface area is 109 Å². The molecule has 0 radical (unpaired) electrons. The van der Waals surface area contributed by atoms with Crippen molar-refractivity contribution in [2.24, 2.45) is 0 Å². The monoisotopic (exact) mass is 249 g/mol. The summed E-state index contributed by atoms with van der Waals surface area (Å²) >= 11 is 0. The van der Waals surface area contributed by atoms with Crippen LogP contribution in [0.3, 0.4) is 0 Å². The van der Waals surface area contributed by atoms with Crippen molar-refractivity contribution < 1.29 is 5.11 Å². The molecule has 0 aliphatic carbocycles. The predicted octanol–water partition coefficient (Wildman–Crippen LogP) is 0.968. The number of hydrogen-bond donors (Lipinski definition) is 1. The van der Waals surface area contributed by atoms with E-state index in [2.05, 4.69) is 27.8 Å². The highest BCUT2D eigenvalue weighted by molar-refractivity contribution is 5.08. The van der Waals surface area contributed by atoms with E-state index in [1.165, 1.54) is 5.56 Å². The van der Waals surface area contributed by atoms with Crippen LogP contribution < -0.4 is 0 Å². The first kappa shape index (κ1) is 13.5. The highest BCUT2D eigenvalue weighted by atomic mass is 16.3. The standard InChI is InChI=1S/C14H23N3O/c1-12-9-16(6-7-17(12)10-13(2)18)11-14-4-3-5-15-8-14/h3-5,8,12-13,18H,6-7,9-11H2,1-2H3/t12-,13+/m0/s1. The van der Waals surface area contributed by atoms with Crippen LogP contribution in [0.25, 0.3) is 0 Å². The lowest BCUT2D eigenvalue weighted by Gasteiger charge is -2.40. The Balaban J connectivity index is 1.85. The van der Waals surface area contributed by atoms with E-state index in [0.717, 1.165) is 32.7 Å². The molecule has 4 heteroatoms. The lowest BCUT2D eigenvalue weighted by molar-refractivity contribution is 0.0422. The fourth-order valence-corrected chi connectivity index (χ4v) is 2.57. The maximum Gasteiger partial charge on any atom is 0.0639 e. The summed E-state index contributed by atoms with van der Waals surface area (Å²) in [6, 6.07) is 4.62. The molecule has 1 fully saturated rings. The Hall–Kier alpha value is -0.970. The number of piperazine rings is 1. The smallest absolute Gasteiger partial charge is 0.0639 e. The normalized spacial score (nSPS) is 24.1. The van der Waals surface area contributed by atoms with E-state index in [4.69, 9.17) is 0 Å².